The summed E-state index contributed by atoms with van der Waals surface area (Å²) in [4.78, 5) is 18.0. The van der Waals surface area contributed by atoms with Crippen LogP contribution in [0.2, 0.25) is 5.02 Å². The molecule has 7 heteroatoms. The fraction of sp³-hybridized carbons (Fsp3) is 0.161. The van der Waals surface area contributed by atoms with Crippen LogP contribution in [-0.4, -0.2) is 10.9 Å². The van der Waals surface area contributed by atoms with Crippen LogP contribution >= 0.6 is 11.6 Å². The lowest BCUT2D eigenvalue weighted by Gasteiger charge is -2.22. The Morgan fingerprint density at radius 3 is 2.47 bits per heavy atom. The van der Waals surface area contributed by atoms with E-state index in [9.17, 15) is 13.6 Å². The Morgan fingerprint density at radius 2 is 1.74 bits per heavy atom. The fourth-order valence-electron chi connectivity index (χ4n) is 4.93. The second-order valence-electron chi connectivity index (χ2n) is 9.35. The van der Waals surface area contributed by atoms with Gasteiger partial charge < -0.3 is 11.1 Å². The summed E-state index contributed by atoms with van der Waals surface area (Å²) in [5, 5.41) is 3.69. The number of carbonyl (C=O) groups is 1. The standard InChI is InChI=1S/C31H26ClF2N3O/c32-24-8-6-21(7-9-24)28-2-1-11-36-31(28)29(15-20-13-25(33)17-26(34)14-20)37-30(38)16-23-5-4-22-12-19(18-35)3-10-27(22)23/h1-3,5-14,17,29H,4,15-16,18,35H2,(H,37,38)/t29-/m0/s1. The van der Waals surface area contributed by atoms with Gasteiger partial charge in [-0.1, -0.05) is 54.1 Å². The molecule has 3 N–H and O–H groups in total. The van der Waals surface area contributed by atoms with E-state index in [0.29, 0.717) is 22.8 Å². The minimum atomic E-state index is -0.673. The van der Waals surface area contributed by atoms with Crippen molar-refractivity contribution in [3.05, 3.63) is 130 Å². The molecule has 4 aromatic rings. The monoisotopic (exact) mass is 529 g/mol. The van der Waals surface area contributed by atoms with Crippen LogP contribution in [0.4, 0.5) is 8.78 Å². The Kier molecular flexibility index (Phi) is 7.63. The normalized spacial score (nSPS) is 13.1. The number of carbonyl (C=O) groups excluding carboxylic acids is 1. The number of nitrogens with zero attached hydrogens (tertiary/aromatic N) is 1. The van der Waals surface area contributed by atoms with Crippen LogP contribution in [0.1, 0.15) is 40.4 Å². The number of amides is 1. The maximum Gasteiger partial charge on any atom is 0.224 e. The Hall–Kier alpha value is -3.87. The zero-order valence-corrected chi connectivity index (χ0v) is 21.3. The predicted octanol–water partition coefficient (Wildman–Crippen LogP) is 6.57. The molecule has 3 aromatic carbocycles. The largest absolute Gasteiger partial charge is 0.347 e. The number of pyridine rings is 1. The van der Waals surface area contributed by atoms with Gasteiger partial charge in [0, 0.05) is 29.4 Å². The first-order valence-corrected chi connectivity index (χ1v) is 12.7. The molecule has 0 fully saturated rings. The molecule has 0 radical (unpaired) electrons. The Labute approximate surface area is 225 Å². The maximum atomic E-state index is 14.0. The number of fused-ring (bicyclic) bond motifs is 1. The van der Waals surface area contributed by atoms with Gasteiger partial charge in [-0.25, -0.2) is 8.78 Å². The summed E-state index contributed by atoms with van der Waals surface area (Å²) >= 11 is 6.09. The number of hydrogen-bond donors (Lipinski definition) is 2. The van der Waals surface area contributed by atoms with E-state index in [1.807, 2.05) is 36.4 Å². The Morgan fingerprint density at radius 1 is 0.974 bits per heavy atom. The SMILES string of the molecule is NCc1ccc2c(c1)CC=C2CC(=O)N[C@@H](Cc1cc(F)cc(F)c1)c1ncccc1-c1ccc(Cl)cc1. The molecule has 192 valence electrons. The van der Waals surface area contributed by atoms with E-state index in [2.05, 4.69) is 22.4 Å². The summed E-state index contributed by atoms with van der Waals surface area (Å²) in [6.07, 6.45) is 4.78. The van der Waals surface area contributed by atoms with Crippen molar-refractivity contribution in [1.29, 1.82) is 0 Å². The van der Waals surface area contributed by atoms with Gasteiger partial charge in [0.25, 0.3) is 0 Å². The first-order valence-electron chi connectivity index (χ1n) is 12.4. The lowest BCUT2D eigenvalue weighted by molar-refractivity contribution is -0.120. The van der Waals surface area contributed by atoms with Crippen molar-refractivity contribution in [2.24, 2.45) is 5.73 Å². The van der Waals surface area contributed by atoms with Gasteiger partial charge in [0.05, 0.1) is 18.2 Å². The molecule has 1 aromatic heterocycles. The van der Waals surface area contributed by atoms with Gasteiger partial charge in [-0.15, -0.1) is 0 Å². The number of benzene rings is 3. The van der Waals surface area contributed by atoms with Gasteiger partial charge in [-0.2, -0.15) is 0 Å². The molecule has 1 aliphatic carbocycles. The topological polar surface area (TPSA) is 68.0 Å². The minimum absolute atomic E-state index is 0.160. The number of nitrogens with one attached hydrogen (secondary N) is 1. The highest BCUT2D eigenvalue weighted by Crippen LogP contribution is 2.33. The average molecular weight is 530 g/mol. The molecule has 1 aliphatic rings. The highest BCUT2D eigenvalue weighted by atomic mass is 35.5. The van der Waals surface area contributed by atoms with Crippen molar-refractivity contribution in [1.82, 2.24) is 10.3 Å². The summed E-state index contributed by atoms with van der Waals surface area (Å²) < 4.78 is 28.0. The highest BCUT2D eigenvalue weighted by molar-refractivity contribution is 6.30. The molecular weight excluding hydrogens is 504 g/mol. The Balaban J connectivity index is 1.45. The highest BCUT2D eigenvalue weighted by Gasteiger charge is 2.23. The van der Waals surface area contributed by atoms with Crippen molar-refractivity contribution in [3.63, 3.8) is 0 Å². The summed E-state index contributed by atoms with van der Waals surface area (Å²) in [5.41, 5.74) is 12.6. The summed E-state index contributed by atoms with van der Waals surface area (Å²) in [7, 11) is 0. The summed E-state index contributed by atoms with van der Waals surface area (Å²) in [6.45, 7) is 0.464. The van der Waals surface area contributed by atoms with E-state index in [-0.39, 0.29) is 18.7 Å². The molecule has 0 bridgehead atoms. The van der Waals surface area contributed by atoms with Crippen LogP contribution < -0.4 is 11.1 Å². The number of nitrogens with two attached hydrogens (primary N) is 1. The second kappa shape index (κ2) is 11.3. The maximum absolute atomic E-state index is 14.0. The van der Waals surface area contributed by atoms with Gasteiger partial charge in [-0.3, -0.25) is 9.78 Å². The third kappa shape index (κ3) is 5.82. The third-order valence-corrected chi connectivity index (χ3v) is 6.94. The number of hydrogen-bond acceptors (Lipinski definition) is 3. The van der Waals surface area contributed by atoms with Crippen LogP contribution in [-0.2, 0) is 24.2 Å². The van der Waals surface area contributed by atoms with E-state index in [0.717, 1.165) is 45.9 Å². The molecule has 1 heterocycles. The smallest absolute Gasteiger partial charge is 0.224 e. The zero-order chi connectivity index (χ0) is 26.6. The molecule has 1 atom stereocenters. The van der Waals surface area contributed by atoms with Gasteiger partial charge >= 0.3 is 0 Å². The van der Waals surface area contributed by atoms with Crippen molar-refractivity contribution in [2.75, 3.05) is 0 Å². The Bertz CT molecular complexity index is 1500. The predicted molar refractivity (Wildman–Crippen MR) is 146 cm³/mol. The van der Waals surface area contributed by atoms with Gasteiger partial charge in [-0.05, 0) is 76.6 Å². The number of rotatable bonds is 8. The number of allylic oxidation sites excluding steroid dienone is 1. The molecule has 0 saturated heterocycles. The van der Waals surface area contributed by atoms with E-state index < -0.39 is 17.7 Å². The van der Waals surface area contributed by atoms with Crippen LogP contribution in [0.15, 0.2) is 85.1 Å². The molecule has 0 spiro atoms. The van der Waals surface area contributed by atoms with E-state index in [4.69, 9.17) is 17.3 Å². The van der Waals surface area contributed by atoms with Crippen molar-refractivity contribution < 1.29 is 13.6 Å². The second-order valence-corrected chi connectivity index (χ2v) is 9.79. The first kappa shape index (κ1) is 25.8. The van der Waals surface area contributed by atoms with Gasteiger partial charge in [0.1, 0.15) is 11.6 Å². The van der Waals surface area contributed by atoms with E-state index in [1.165, 1.54) is 12.1 Å². The lowest BCUT2D eigenvalue weighted by atomic mass is 9.95. The quantitative estimate of drug-likeness (QED) is 0.271. The van der Waals surface area contributed by atoms with Crippen LogP contribution in [0, 0.1) is 11.6 Å². The van der Waals surface area contributed by atoms with Gasteiger partial charge in [0.2, 0.25) is 5.91 Å². The molecule has 0 saturated carbocycles. The number of aromatic nitrogens is 1. The average Bonchev–Trinajstić information content (AvgIpc) is 3.29. The van der Waals surface area contributed by atoms with E-state index >= 15 is 0 Å². The van der Waals surface area contributed by atoms with Crippen LogP contribution in [0.3, 0.4) is 0 Å². The molecule has 5 rings (SSSR count). The van der Waals surface area contributed by atoms with E-state index in [1.54, 1.807) is 18.3 Å². The van der Waals surface area contributed by atoms with Crippen molar-refractivity contribution >= 4 is 23.1 Å². The van der Waals surface area contributed by atoms with Crippen molar-refractivity contribution in [2.45, 2.75) is 31.8 Å². The third-order valence-electron chi connectivity index (χ3n) is 6.69. The minimum Gasteiger partial charge on any atom is -0.347 e. The fourth-order valence-corrected chi connectivity index (χ4v) is 5.06. The summed E-state index contributed by atoms with van der Waals surface area (Å²) in [6, 6.07) is 19.8. The lowest BCUT2D eigenvalue weighted by Crippen LogP contribution is -2.31. The molecule has 0 aliphatic heterocycles. The van der Waals surface area contributed by atoms with Crippen LogP contribution in [0.25, 0.3) is 16.7 Å². The molecular formula is C31H26ClF2N3O. The van der Waals surface area contributed by atoms with Crippen LogP contribution in [0.5, 0.6) is 0 Å². The van der Waals surface area contributed by atoms with Crippen molar-refractivity contribution in [3.8, 4) is 11.1 Å². The molecule has 1 amide bonds. The molecule has 0 unspecified atom stereocenters. The molecule has 38 heavy (non-hydrogen) atoms. The first-order chi connectivity index (χ1) is 18.4. The summed E-state index contributed by atoms with van der Waals surface area (Å²) in [5.74, 6) is -1.55. The number of halogens is 3. The zero-order valence-electron chi connectivity index (χ0n) is 20.6. The van der Waals surface area contributed by atoms with Gasteiger partial charge in [0.15, 0.2) is 0 Å². The molecule has 4 nitrogen and oxygen atoms in total.